The Morgan fingerprint density at radius 3 is 2.75 bits per heavy atom. The van der Waals surface area contributed by atoms with Crippen LogP contribution in [-0.2, 0) is 0 Å². The van der Waals surface area contributed by atoms with Gasteiger partial charge in [-0.05, 0) is 32.4 Å². The first kappa shape index (κ1) is 15.0. The molecule has 1 aromatic rings. The number of anilines is 1. The Bertz CT molecular complexity index is 515. The summed E-state index contributed by atoms with van der Waals surface area (Å²) in [7, 11) is 0. The molecule has 0 radical (unpaired) electrons. The zero-order chi connectivity index (χ0) is 14.8. The van der Waals surface area contributed by atoms with E-state index in [2.05, 4.69) is 15.0 Å². The van der Waals surface area contributed by atoms with Crippen molar-refractivity contribution < 1.29 is 17.9 Å². The van der Waals surface area contributed by atoms with Crippen LogP contribution >= 0.6 is 11.8 Å². The molecule has 0 spiro atoms. The van der Waals surface area contributed by atoms with E-state index in [0.29, 0.717) is 10.9 Å². The van der Waals surface area contributed by atoms with E-state index < -0.39 is 6.36 Å². The second kappa shape index (κ2) is 5.55. The normalized spacial score (nSPS) is 18.4. The first-order valence-electron chi connectivity index (χ1n) is 6.09. The third-order valence-electron chi connectivity index (χ3n) is 2.68. The maximum absolute atomic E-state index is 12.2. The van der Waals surface area contributed by atoms with E-state index in [1.165, 1.54) is 18.2 Å². The van der Waals surface area contributed by atoms with Crippen molar-refractivity contribution in [1.29, 1.82) is 0 Å². The fraction of sp³-hybridized carbons (Fsp3) is 0.462. The molecule has 0 amide bonds. The fourth-order valence-corrected chi connectivity index (χ4v) is 3.02. The van der Waals surface area contributed by atoms with Crippen molar-refractivity contribution in [2.24, 2.45) is 4.99 Å². The molecule has 2 rings (SSSR count). The average molecular weight is 304 g/mol. The third kappa shape index (κ3) is 4.63. The number of benzene rings is 1. The number of hydrogen-bond acceptors (Lipinski definition) is 4. The van der Waals surface area contributed by atoms with Crippen LogP contribution in [-0.4, -0.2) is 22.8 Å². The Balaban J connectivity index is 2.10. The van der Waals surface area contributed by atoms with E-state index in [-0.39, 0.29) is 11.3 Å². The van der Waals surface area contributed by atoms with Crippen LogP contribution in [0.25, 0.3) is 0 Å². The number of rotatable bonds is 2. The minimum atomic E-state index is -4.68. The molecule has 0 aliphatic carbocycles. The van der Waals surface area contributed by atoms with Crippen molar-refractivity contribution in [3.8, 4) is 5.75 Å². The monoisotopic (exact) mass is 304 g/mol. The molecule has 0 saturated carbocycles. The highest BCUT2D eigenvalue weighted by Crippen LogP contribution is 2.29. The van der Waals surface area contributed by atoms with Crippen LogP contribution < -0.4 is 10.1 Å². The number of alkyl halides is 3. The second-order valence-electron chi connectivity index (χ2n) is 5.03. The topological polar surface area (TPSA) is 33.6 Å². The molecule has 0 unspecified atom stereocenters. The average Bonchev–Trinajstić information content (AvgIpc) is 2.25. The minimum Gasteiger partial charge on any atom is -0.406 e. The molecule has 1 N–H and O–H groups in total. The van der Waals surface area contributed by atoms with Crippen molar-refractivity contribution in [2.75, 3.05) is 11.1 Å². The zero-order valence-corrected chi connectivity index (χ0v) is 11.9. The molecule has 110 valence electrons. The summed E-state index contributed by atoms with van der Waals surface area (Å²) in [4.78, 5) is 4.52. The minimum absolute atomic E-state index is 0.145. The van der Waals surface area contributed by atoms with Crippen LogP contribution in [0.5, 0.6) is 5.75 Å². The number of halogens is 3. The van der Waals surface area contributed by atoms with E-state index in [9.17, 15) is 13.2 Å². The van der Waals surface area contributed by atoms with Crippen LogP contribution in [0.1, 0.15) is 20.3 Å². The molecule has 0 aromatic heterocycles. The van der Waals surface area contributed by atoms with Crippen LogP contribution in [0.2, 0.25) is 0 Å². The number of ether oxygens (including phenoxy) is 1. The Morgan fingerprint density at radius 2 is 2.10 bits per heavy atom. The van der Waals surface area contributed by atoms with Gasteiger partial charge in [-0.25, -0.2) is 0 Å². The number of hydrogen-bond donors (Lipinski definition) is 1. The number of nitrogens with zero attached hydrogens (tertiary/aromatic N) is 1. The van der Waals surface area contributed by atoms with Gasteiger partial charge in [0, 0.05) is 17.5 Å². The summed E-state index contributed by atoms with van der Waals surface area (Å²) in [6.45, 7) is 4.05. The summed E-state index contributed by atoms with van der Waals surface area (Å²) in [5, 5.41) is 3.74. The predicted octanol–water partition coefficient (Wildman–Crippen LogP) is 4.27. The molecule has 0 fully saturated rings. The molecule has 1 aliphatic heterocycles. The predicted molar refractivity (Wildman–Crippen MR) is 75.3 cm³/mol. The Morgan fingerprint density at radius 1 is 1.35 bits per heavy atom. The van der Waals surface area contributed by atoms with Gasteiger partial charge in [-0.2, -0.15) is 0 Å². The van der Waals surface area contributed by atoms with E-state index in [4.69, 9.17) is 0 Å². The first-order chi connectivity index (χ1) is 9.23. The lowest BCUT2D eigenvalue weighted by Crippen LogP contribution is -2.27. The summed E-state index contributed by atoms with van der Waals surface area (Å²) in [5.74, 6) is 0.681. The SMILES string of the molecule is CC1(C)CCSC(Nc2cccc(OC(F)(F)F)c2)=N1. The van der Waals surface area contributed by atoms with Gasteiger partial charge in [-0.15, -0.1) is 13.2 Å². The van der Waals surface area contributed by atoms with Gasteiger partial charge in [0.15, 0.2) is 5.17 Å². The summed E-state index contributed by atoms with van der Waals surface area (Å²) in [6, 6.07) is 5.74. The quantitative estimate of drug-likeness (QED) is 0.886. The molecule has 0 bridgehead atoms. The third-order valence-corrected chi connectivity index (χ3v) is 3.55. The highest BCUT2D eigenvalue weighted by atomic mass is 32.2. The zero-order valence-electron chi connectivity index (χ0n) is 11.1. The van der Waals surface area contributed by atoms with Crippen LogP contribution in [0.15, 0.2) is 29.3 Å². The van der Waals surface area contributed by atoms with E-state index in [1.807, 2.05) is 13.8 Å². The maximum Gasteiger partial charge on any atom is 0.573 e. The molecule has 0 saturated heterocycles. The number of thioether (sulfide) groups is 1. The van der Waals surface area contributed by atoms with Crippen molar-refractivity contribution >= 4 is 22.6 Å². The molecule has 20 heavy (non-hydrogen) atoms. The lowest BCUT2D eigenvalue weighted by Gasteiger charge is -2.26. The van der Waals surface area contributed by atoms with Crippen LogP contribution in [0.3, 0.4) is 0 Å². The molecule has 1 aromatic carbocycles. The number of nitrogens with one attached hydrogen (secondary N) is 1. The van der Waals surface area contributed by atoms with E-state index >= 15 is 0 Å². The molecule has 0 atom stereocenters. The Labute approximate surface area is 119 Å². The summed E-state index contributed by atoms with van der Waals surface area (Å²) in [6.07, 6.45) is -3.71. The highest BCUT2D eigenvalue weighted by Gasteiger charge is 2.31. The van der Waals surface area contributed by atoms with Crippen molar-refractivity contribution in [2.45, 2.75) is 32.2 Å². The lowest BCUT2D eigenvalue weighted by molar-refractivity contribution is -0.274. The molecule has 1 aliphatic rings. The molecular weight excluding hydrogens is 289 g/mol. The smallest absolute Gasteiger partial charge is 0.406 e. The van der Waals surface area contributed by atoms with Crippen molar-refractivity contribution in [3.05, 3.63) is 24.3 Å². The van der Waals surface area contributed by atoms with Crippen LogP contribution in [0.4, 0.5) is 18.9 Å². The first-order valence-corrected chi connectivity index (χ1v) is 7.08. The summed E-state index contributed by atoms with van der Waals surface area (Å²) < 4.78 is 40.4. The van der Waals surface area contributed by atoms with Gasteiger partial charge in [-0.1, -0.05) is 17.8 Å². The van der Waals surface area contributed by atoms with E-state index in [0.717, 1.165) is 12.2 Å². The highest BCUT2D eigenvalue weighted by molar-refractivity contribution is 8.14. The molecule has 3 nitrogen and oxygen atoms in total. The van der Waals surface area contributed by atoms with Gasteiger partial charge in [0.1, 0.15) is 5.75 Å². The Hall–Kier alpha value is -1.37. The number of amidine groups is 1. The lowest BCUT2D eigenvalue weighted by atomic mass is 10.0. The van der Waals surface area contributed by atoms with Gasteiger partial charge < -0.3 is 10.1 Å². The van der Waals surface area contributed by atoms with Gasteiger partial charge in [0.05, 0.1) is 5.54 Å². The standard InChI is InChI=1S/C13H15F3N2OS/c1-12(2)6-7-20-11(18-12)17-9-4-3-5-10(8-9)19-13(14,15)16/h3-5,8H,6-7H2,1-2H3,(H,17,18). The second-order valence-corrected chi connectivity index (χ2v) is 6.11. The molecule has 7 heteroatoms. The molecular formula is C13H15F3N2OS. The largest absolute Gasteiger partial charge is 0.573 e. The maximum atomic E-state index is 12.2. The summed E-state index contributed by atoms with van der Waals surface area (Å²) >= 11 is 1.56. The van der Waals surface area contributed by atoms with Crippen LogP contribution in [0, 0.1) is 0 Å². The van der Waals surface area contributed by atoms with Gasteiger partial charge in [0.2, 0.25) is 0 Å². The Kier molecular flexibility index (Phi) is 4.17. The van der Waals surface area contributed by atoms with E-state index in [1.54, 1.807) is 17.8 Å². The van der Waals surface area contributed by atoms with Gasteiger partial charge in [0.25, 0.3) is 0 Å². The van der Waals surface area contributed by atoms with Gasteiger partial charge >= 0.3 is 6.36 Å². The summed E-state index contributed by atoms with van der Waals surface area (Å²) in [5.41, 5.74) is 0.379. The molecule has 1 heterocycles. The van der Waals surface area contributed by atoms with Gasteiger partial charge in [-0.3, -0.25) is 4.99 Å². The van der Waals surface area contributed by atoms with Crippen molar-refractivity contribution in [3.63, 3.8) is 0 Å². The number of aliphatic imine (C=N–C) groups is 1. The van der Waals surface area contributed by atoms with Crippen molar-refractivity contribution in [1.82, 2.24) is 0 Å². The fourth-order valence-electron chi connectivity index (χ4n) is 1.72.